The van der Waals surface area contributed by atoms with Gasteiger partial charge in [0.25, 0.3) is 0 Å². The van der Waals surface area contributed by atoms with E-state index in [0.29, 0.717) is 16.9 Å². The summed E-state index contributed by atoms with van der Waals surface area (Å²) >= 11 is 0. The van der Waals surface area contributed by atoms with E-state index in [-0.39, 0.29) is 34.3 Å². The predicted molar refractivity (Wildman–Crippen MR) is 102 cm³/mol. The lowest BCUT2D eigenvalue weighted by Gasteiger charge is -2.24. The molecule has 26 heavy (non-hydrogen) atoms. The average Bonchev–Trinajstić information content (AvgIpc) is 2.60. The molecule has 0 saturated carbocycles. The van der Waals surface area contributed by atoms with Crippen molar-refractivity contribution < 1.29 is 19.0 Å². The van der Waals surface area contributed by atoms with Crippen molar-refractivity contribution in [2.24, 2.45) is 0 Å². The average molecular weight is 352 g/mol. The fourth-order valence-electron chi connectivity index (χ4n) is 2.59. The van der Waals surface area contributed by atoms with E-state index in [1.165, 1.54) is 6.07 Å². The highest BCUT2D eigenvalue weighted by atomic mass is 16.5. The van der Waals surface area contributed by atoms with Gasteiger partial charge in [0, 0.05) is 0 Å². The van der Waals surface area contributed by atoms with Crippen molar-refractivity contribution in [2.75, 3.05) is 6.61 Å². The molecule has 0 fully saturated rings. The molecule has 0 bridgehead atoms. The summed E-state index contributed by atoms with van der Waals surface area (Å²) in [4.78, 5) is 12.8. The SMILES string of the molecule is C=CCOc1c(OC(C)(C)C=C)ccc2c(=O)c3c(O)cccc3oc12. The van der Waals surface area contributed by atoms with Crippen LogP contribution in [0.4, 0.5) is 0 Å². The van der Waals surface area contributed by atoms with E-state index in [1.807, 2.05) is 13.8 Å². The molecule has 0 aliphatic carbocycles. The fraction of sp³-hybridized carbons (Fsp3) is 0.190. The van der Waals surface area contributed by atoms with Crippen molar-refractivity contribution in [2.45, 2.75) is 19.4 Å². The van der Waals surface area contributed by atoms with E-state index in [9.17, 15) is 9.90 Å². The van der Waals surface area contributed by atoms with Gasteiger partial charge in [-0.2, -0.15) is 0 Å². The molecule has 1 heterocycles. The zero-order valence-electron chi connectivity index (χ0n) is 14.7. The minimum Gasteiger partial charge on any atom is -0.507 e. The molecule has 0 unspecified atom stereocenters. The minimum absolute atomic E-state index is 0.125. The van der Waals surface area contributed by atoms with E-state index >= 15 is 0 Å². The van der Waals surface area contributed by atoms with Gasteiger partial charge in [0.2, 0.25) is 11.2 Å². The normalized spacial score (nSPS) is 11.5. The maximum absolute atomic E-state index is 12.8. The molecule has 0 saturated heterocycles. The van der Waals surface area contributed by atoms with Crippen LogP contribution < -0.4 is 14.9 Å². The molecule has 0 spiro atoms. The molecular formula is C21H20O5. The number of phenolic OH excluding ortho intramolecular Hbond substituents is 1. The first-order valence-corrected chi connectivity index (χ1v) is 8.16. The van der Waals surface area contributed by atoms with Gasteiger partial charge in [0.05, 0.1) is 5.39 Å². The fourth-order valence-corrected chi connectivity index (χ4v) is 2.59. The first kappa shape index (κ1) is 17.6. The van der Waals surface area contributed by atoms with Gasteiger partial charge in [-0.1, -0.05) is 25.3 Å². The molecule has 2 aromatic carbocycles. The summed E-state index contributed by atoms with van der Waals surface area (Å²) in [5, 5.41) is 10.4. The maximum Gasteiger partial charge on any atom is 0.205 e. The second-order valence-corrected chi connectivity index (χ2v) is 6.36. The largest absolute Gasteiger partial charge is 0.507 e. The lowest BCUT2D eigenvalue weighted by atomic mass is 10.1. The van der Waals surface area contributed by atoms with Crippen molar-refractivity contribution in [3.05, 3.63) is 65.9 Å². The van der Waals surface area contributed by atoms with E-state index < -0.39 is 5.60 Å². The first-order chi connectivity index (χ1) is 12.4. The van der Waals surface area contributed by atoms with Gasteiger partial charge in [-0.3, -0.25) is 4.79 Å². The molecule has 3 rings (SSSR count). The zero-order chi connectivity index (χ0) is 18.9. The van der Waals surface area contributed by atoms with E-state index in [1.54, 1.807) is 36.4 Å². The molecule has 134 valence electrons. The summed E-state index contributed by atoms with van der Waals surface area (Å²) in [7, 11) is 0. The summed E-state index contributed by atoms with van der Waals surface area (Å²) in [6, 6.07) is 7.92. The van der Waals surface area contributed by atoms with Crippen LogP contribution >= 0.6 is 0 Å². The molecule has 1 aromatic heterocycles. The second kappa shape index (κ2) is 6.59. The number of ether oxygens (including phenoxy) is 2. The Morgan fingerprint density at radius 1 is 1.23 bits per heavy atom. The molecule has 0 atom stereocenters. The predicted octanol–water partition coefficient (Wildman–Crippen LogP) is 4.56. The Bertz CT molecular complexity index is 1060. The van der Waals surface area contributed by atoms with Gasteiger partial charge in [-0.25, -0.2) is 0 Å². The number of hydrogen-bond acceptors (Lipinski definition) is 5. The van der Waals surface area contributed by atoms with Crippen LogP contribution in [0.1, 0.15) is 13.8 Å². The van der Waals surface area contributed by atoms with E-state index in [4.69, 9.17) is 13.9 Å². The highest BCUT2D eigenvalue weighted by Crippen LogP contribution is 2.39. The van der Waals surface area contributed by atoms with Crippen molar-refractivity contribution >= 4 is 21.9 Å². The first-order valence-electron chi connectivity index (χ1n) is 8.16. The summed E-state index contributed by atoms with van der Waals surface area (Å²) in [6.45, 7) is 11.3. The van der Waals surface area contributed by atoms with Gasteiger partial charge in [-0.05, 0) is 44.2 Å². The highest BCUT2D eigenvalue weighted by Gasteiger charge is 2.22. The van der Waals surface area contributed by atoms with Crippen molar-refractivity contribution in [1.29, 1.82) is 0 Å². The molecule has 5 heteroatoms. The maximum atomic E-state index is 12.8. The van der Waals surface area contributed by atoms with Gasteiger partial charge >= 0.3 is 0 Å². The Labute approximate surface area is 150 Å². The monoisotopic (exact) mass is 352 g/mol. The standard InChI is InChI=1S/C21H20O5/c1-5-12-24-20-16(26-21(3,4)6-2)11-10-13-18(23)17-14(22)8-7-9-15(17)25-19(13)20/h5-11,22H,1-2,12H2,3-4H3. The van der Waals surface area contributed by atoms with Gasteiger partial charge in [-0.15, -0.1) is 0 Å². The van der Waals surface area contributed by atoms with Crippen LogP contribution in [0.15, 0.2) is 64.9 Å². The molecule has 0 amide bonds. The van der Waals surface area contributed by atoms with Gasteiger partial charge in [0.1, 0.15) is 28.9 Å². The van der Waals surface area contributed by atoms with Crippen LogP contribution in [-0.4, -0.2) is 17.3 Å². The number of phenols is 1. The van der Waals surface area contributed by atoms with Crippen LogP contribution in [0.5, 0.6) is 17.2 Å². The van der Waals surface area contributed by atoms with Gasteiger partial charge in [0.15, 0.2) is 11.3 Å². The van der Waals surface area contributed by atoms with Crippen LogP contribution in [0.2, 0.25) is 0 Å². The highest BCUT2D eigenvalue weighted by molar-refractivity contribution is 5.96. The Morgan fingerprint density at radius 3 is 2.69 bits per heavy atom. The van der Waals surface area contributed by atoms with Crippen LogP contribution in [-0.2, 0) is 0 Å². The molecule has 1 N–H and O–H groups in total. The number of benzene rings is 2. The Balaban J connectivity index is 2.34. The Hall–Kier alpha value is -3.21. The third-order valence-corrected chi connectivity index (χ3v) is 3.97. The molecule has 0 radical (unpaired) electrons. The van der Waals surface area contributed by atoms with E-state index in [2.05, 4.69) is 13.2 Å². The van der Waals surface area contributed by atoms with Crippen molar-refractivity contribution in [3.63, 3.8) is 0 Å². The summed E-state index contributed by atoms with van der Waals surface area (Å²) in [5.74, 6) is 0.603. The lowest BCUT2D eigenvalue weighted by Crippen LogP contribution is -2.25. The third kappa shape index (κ3) is 3.04. The molecule has 0 aliphatic rings. The lowest BCUT2D eigenvalue weighted by molar-refractivity contribution is 0.154. The Kier molecular flexibility index (Phi) is 4.47. The number of rotatable bonds is 6. The van der Waals surface area contributed by atoms with Crippen LogP contribution in [0.3, 0.4) is 0 Å². The number of fused-ring (bicyclic) bond motifs is 2. The topological polar surface area (TPSA) is 68.9 Å². The van der Waals surface area contributed by atoms with Crippen molar-refractivity contribution in [1.82, 2.24) is 0 Å². The zero-order valence-corrected chi connectivity index (χ0v) is 14.7. The molecule has 0 aliphatic heterocycles. The van der Waals surface area contributed by atoms with Crippen LogP contribution in [0, 0.1) is 0 Å². The van der Waals surface area contributed by atoms with E-state index in [0.717, 1.165) is 0 Å². The van der Waals surface area contributed by atoms with Crippen molar-refractivity contribution in [3.8, 4) is 17.2 Å². The minimum atomic E-state index is -0.643. The van der Waals surface area contributed by atoms with Gasteiger partial charge < -0.3 is 19.0 Å². The quantitative estimate of drug-likeness (QED) is 0.520. The second-order valence-electron chi connectivity index (χ2n) is 6.36. The molecule has 5 nitrogen and oxygen atoms in total. The smallest absolute Gasteiger partial charge is 0.205 e. The summed E-state index contributed by atoms with van der Waals surface area (Å²) < 4.78 is 17.6. The number of aromatic hydroxyl groups is 1. The summed E-state index contributed by atoms with van der Waals surface area (Å²) in [6.07, 6.45) is 3.26. The number of hydrogen-bond donors (Lipinski definition) is 1. The third-order valence-electron chi connectivity index (χ3n) is 3.97. The van der Waals surface area contributed by atoms with Crippen LogP contribution in [0.25, 0.3) is 21.9 Å². The molecular weight excluding hydrogens is 332 g/mol. The Morgan fingerprint density at radius 2 is 2.00 bits per heavy atom. The summed E-state index contributed by atoms with van der Waals surface area (Å²) in [5.41, 5.74) is -0.453. The molecule has 3 aromatic rings.